The summed E-state index contributed by atoms with van der Waals surface area (Å²) in [6.07, 6.45) is 1.94. The molecule has 2 aromatic rings. The quantitative estimate of drug-likeness (QED) is 0.698. The van der Waals surface area contributed by atoms with Crippen LogP contribution in [0.1, 0.15) is 5.89 Å². The molecule has 0 bridgehead atoms. The van der Waals surface area contributed by atoms with E-state index >= 15 is 0 Å². The first-order chi connectivity index (χ1) is 10.0. The average molecular weight is 365 g/mol. The molecule has 0 fully saturated rings. The van der Waals surface area contributed by atoms with Crippen LogP contribution in [0.4, 0.5) is 0 Å². The third-order valence-electron chi connectivity index (χ3n) is 2.47. The third-order valence-corrected chi connectivity index (χ3v) is 6.06. The average Bonchev–Trinajstić information content (AvgIpc) is 2.87. The summed E-state index contributed by atoms with van der Waals surface area (Å²) in [5.74, 6) is 1.55. The van der Waals surface area contributed by atoms with Crippen LogP contribution in [0.3, 0.4) is 0 Å². The summed E-state index contributed by atoms with van der Waals surface area (Å²) in [4.78, 5) is 0.265. The van der Waals surface area contributed by atoms with Crippen molar-refractivity contribution in [1.29, 1.82) is 0 Å². The molecule has 0 unspecified atom stereocenters. The summed E-state index contributed by atoms with van der Waals surface area (Å²) < 4.78 is 29.6. The van der Waals surface area contributed by atoms with E-state index in [0.717, 1.165) is 0 Å². The van der Waals surface area contributed by atoms with Crippen LogP contribution < -0.4 is 0 Å². The predicted molar refractivity (Wildman–Crippen MR) is 85.7 cm³/mol. The summed E-state index contributed by atoms with van der Waals surface area (Å²) in [5, 5.41) is 8.63. The zero-order chi connectivity index (χ0) is 15.3. The first kappa shape index (κ1) is 16.7. The van der Waals surface area contributed by atoms with Crippen LogP contribution >= 0.6 is 35.1 Å². The molecule has 0 saturated carbocycles. The third kappa shape index (κ3) is 4.91. The second-order valence-electron chi connectivity index (χ2n) is 4.02. The minimum absolute atomic E-state index is 0.000456. The largest absolute Gasteiger partial charge is 0.415 e. The maximum absolute atomic E-state index is 12.1. The van der Waals surface area contributed by atoms with E-state index in [0.29, 0.717) is 27.6 Å². The van der Waals surface area contributed by atoms with Crippen LogP contribution in [0.5, 0.6) is 0 Å². The number of benzene rings is 1. The Morgan fingerprint density at radius 3 is 2.62 bits per heavy atom. The van der Waals surface area contributed by atoms with Crippen molar-refractivity contribution in [3.63, 3.8) is 0 Å². The van der Waals surface area contributed by atoms with Gasteiger partial charge in [0.15, 0.2) is 9.84 Å². The molecule has 1 heterocycles. The summed E-state index contributed by atoms with van der Waals surface area (Å²) in [7, 11) is -3.32. The molecule has 9 heteroatoms. The molecule has 0 aliphatic heterocycles. The smallest absolute Gasteiger partial charge is 0.276 e. The number of hydrogen-bond acceptors (Lipinski definition) is 7. The van der Waals surface area contributed by atoms with E-state index in [4.69, 9.17) is 16.0 Å². The highest BCUT2D eigenvalue weighted by molar-refractivity contribution is 8.00. The predicted octanol–water partition coefficient (Wildman–Crippen LogP) is 3.15. The SMILES string of the molecule is CSCc1nnc(SCCS(=O)(=O)c2ccc(Cl)cc2)o1. The Labute approximate surface area is 136 Å². The Balaban J connectivity index is 1.91. The molecule has 114 valence electrons. The lowest BCUT2D eigenvalue weighted by atomic mass is 10.4. The Morgan fingerprint density at radius 1 is 1.24 bits per heavy atom. The van der Waals surface area contributed by atoms with Gasteiger partial charge in [-0.1, -0.05) is 23.4 Å². The number of halogens is 1. The van der Waals surface area contributed by atoms with Crippen molar-refractivity contribution < 1.29 is 12.8 Å². The van der Waals surface area contributed by atoms with Crippen molar-refractivity contribution in [3.8, 4) is 0 Å². The van der Waals surface area contributed by atoms with E-state index in [-0.39, 0.29) is 10.6 Å². The second kappa shape index (κ2) is 7.53. The Morgan fingerprint density at radius 2 is 1.95 bits per heavy atom. The molecule has 0 N–H and O–H groups in total. The van der Waals surface area contributed by atoms with E-state index in [9.17, 15) is 8.42 Å². The Kier molecular flexibility index (Phi) is 5.98. The molecule has 0 aliphatic carbocycles. The fraction of sp³-hybridized carbons (Fsp3) is 0.333. The van der Waals surface area contributed by atoms with Crippen LogP contribution in [0.15, 0.2) is 38.8 Å². The van der Waals surface area contributed by atoms with Gasteiger partial charge in [0.1, 0.15) is 0 Å². The highest BCUT2D eigenvalue weighted by atomic mass is 35.5. The number of rotatable bonds is 7. The van der Waals surface area contributed by atoms with E-state index in [2.05, 4.69) is 10.2 Å². The highest BCUT2D eigenvalue weighted by Gasteiger charge is 2.15. The van der Waals surface area contributed by atoms with E-state index in [1.807, 2.05) is 6.26 Å². The highest BCUT2D eigenvalue weighted by Crippen LogP contribution is 2.21. The number of nitrogens with zero attached hydrogens (tertiary/aromatic N) is 2. The standard InChI is InChI=1S/C12H13ClN2O3S3/c1-19-8-11-14-15-12(18-11)20-6-7-21(16,17)10-4-2-9(13)3-5-10/h2-5H,6-8H2,1H3. The Bertz CT molecular complexity index is 686. The van der Waals surface area contributed by atoms with Crippen LogP contribution in [-0.2, 0) is 15.6 Å². The van der Waals surface area contributed by atoms with Gasteiger partial charge in [0.25, 0.3) is 5.22 Å². The molecule has 0 spiro atoms. The van der Waals surface area contributed by atoms with Crippen molar-refractivity contribution in [2.75, 3.05) is 17.8 Å². The van der Waals surface area contributed by atoms with E-state index < -0.39 is 9.84 Å². The van der Waals surface area contributed by atoms with Crippen molar-refractivity contribution >= 4 is 45.0 Å². The summed E-state index contributed by atoms with van der Waals surface area (Å²) in [6.45, 7) is 0. The van der Waals surface area contributed by atoms with Gasteiger partial charge >= 0.3 is 0 Å². The van der Waals surface area contributed by atoms with Gasteiger partial charge in [0.2, 0.25) is 5.89 Å². The van der Waals surface area contributed by atoms with Crippen LogP contribution in [-0.4, -0.2) is 36.4 Å². The first-order valence-corrected chi connectivity index (χ1v) is 10.3. The van der Waals surface area contributed by atoms with E-state index in [1.165, 1.54) is 23.9 Å². The molecule has 1 aromatic heterocycles. The number of thioether (sulfide) groups is 2. The topological polar surface area (TPSA) is 73.1 Å². The minimum Gasteiger partial charge on any atom is -0.415 e. The second-order valence-corrected chi connectivity index (χ2v) is 8.47. The van der Waals surface area contributed by atoms with Gasteiger partial charge in [-0.2, -0.15) is 11.8 Å². The van der Waals surface area contributed by atoms with Crippen LogP contribution in [0.25, 0.3) is 0 Å². The van der Waals surface area contributed by atoms with Crippen molar-refractivity contribution in [3.05, 3.63) is 35.2 Å². The molecular weight excluding hydrogens is 352 g/mol. The number of aromatic nitrogens is 2. The van der Waals surface area contributed by atoms with Gasteiger partial charge in [0.05, 0.1) is 16.4 Å². The minimum atomic E-state index is -3.32. The maximum atomic E-state index is 12.1. The van der Waals surface area contributed by atoms with Crippen molar-refractivity contribution in [1.82, 2.24) is 10.2 Å². The molecule has 0 saturated heterocycles. The molecule has 21 heavy (non-hydrogen) atoms. The monoisotopic (exact) mass is 364 g/mol. The lowest BCUT2D eigenvalue weighted by Crippen LogP contribution is -2.08. The van der Waals surface area contributed by atoms with Gasteiger partial charge in [0, 0.05) is 10.8 Å². The van der Waals surface area contributed by atoms with Gasteiger partial charge in [-0.05, 0) is 30.5 Å². The van der Waals surface area contributed by atoms with Gasteiger partial charge in [-0.25, -0.2) is 8.42 Å². The molecular formula is C12H13ClN2O3S3. The normalized spacial score (nSPS) is 11.7. The fourth-order valence-corrected chi connectivity index (χ4v) is 4.39. The maximum Gasteiger partial charge on any atom is 0.276 e. The van der Waals surface area contributed by atoms with Gasteiger partial charge < -0.3 is 4.42 Å². The summed E-state index contributed by atoms with van der Waals surface area (Å²) in [5.41, 5.74) is 0. The summed E-state index contributed by atoms with van der Waals surface area (Å²) >= 11 is 8.57. The molecule has 2 rings (SSSR count). The molecule has 0 aliphatic rings. The van der Waals surface area contributed by atoms with Crippen LogP contribution in [0.2, 0.25) is 5.02 Å². The molecule has 0 amide bonds. The molecule has 1 aromatic carbocycles. The lowest BCUT2D eigenvalue weighted by molar-refractivity contribution is 0.427. The number of hydrogen-bond donors (Lipinski definition) is 0. The van der Waals surface area contributed by atoms with E-state index in [1.54, 1.807) is 23.9 Å². The first-order valence-electron chi connectivity index (χ1n) is 5.94. The van der Waals surface area contributed by atoms with Crippen molar-refractivity contribution in [2.45, 2.75) is 15.9 Å². The molecule has 5 nitrogen and oxygen atoms in total. The zero-order valence-corrected chi connectivity index (χ0v) is 14.4. The molecule has 0 atom stereocenters. The van der Waals surface area contributed by atoms with Gasteiger partial charge in [-0.3, -0.25) is 0 Å². The summed E-state index contributed by atoms with van der Waals surface area (Å²) in [6, 6.07) is 6.14. The fourth-order valence-electron chi connectivity index (χ4n) is 1.48. The van der Waals surface area contributed by atoms with Crippen LogP contribution in [0, 0.1) is 0 Å². The Hall–Kier alpha value is -0.700. The zero-order valence-electron chi connectivity index (χ0n) is 11.2. The molecule has 0 radical (unpaired) electrons. The van der Waals surface area contributed by atoms with Crippen molar-refractivity contribution in [2.24, 2.45) is 0 Å². The lowest BCUT2D eigenvalue weighted by Gasteiger charge is -2.03. The van der Waals surface area contributed by atoms with Gasteiger partial charge in [-0.15, -0.1) is 10.2 Å². The number of sulfone groups is 1.